The van der Waals surface area contributed by atoms with E-state index in [-0.39, 0.29) is 6.04 Å². The largest absolute Gasteiger partial charge is 0.363 e. The van der Waals surface area contributed by atoms with Crippen LogP contribution < -0.4 is 10.6 Å². The van der Waals surface area contributed by atoms with E-state index < -0.39 is 0 Å². The molecule has 1 aliphatic heterocycles. The third kappa shape index (κ3) is 2.68. The van der Waals surface area contributed by atoms with Crippen molar-refractivity contribution in [1.82, 2.24) is 0 Å². The smallest absolute Gasteiger partial charge is 0.0664 e. The molecule has 0 radical (unpaired) electrons. The number of fused-ring (bicyclic) bond motifs is 1. The molecule has 2 N–H and O–H groups in total. The average molecular weight is 280 g/mol. The molecule has 1 aliphatic rings. The third-order valence-electron chi connectivity index (χ3n) is 4.66. The molecule has 1 heterocycles. The number of rotatable bonds is 3. The predicted molar refractivity (Wildman–Crippen MR) is 89.8 cm³/mol. The lowest BCUT2D eigenvalue weighted by atomic mass is 9.95. The van der Waals surface area contributed by atoms with Gasteiger partial charge in [-0.3, -0.25) is 0 Å². The molecule has 0 amide bonds. The molecule has 0 aliphatic carbocycles. The normalized spacial score (nSPS) is 15.7. The molecule has 1 unspecified atom stereocenters. The van der Waals surface area contributed by atoms with Crippen molar-refractivity contribution in [3.8, 4) is 0 Å². The number of anilines is 1. The first-order valence-corrected chi connectivity index (χ1v) is 7.82. The molecule has 0 aromatic heterocycles. The van der Waals surface area contributed by atoms with E-state index in [1.54, 1.807) is 0 Å². The van der Waals surface area contributed by atoms with Crippen LogP contribution in [0.4, 0.5) is 5.69 Å². The highest BCUT2D eigenvalue weighted by Gasteiger charge is 2.24. The lowest BCUT2D eigenvalue weighted by molar-refractivity contribution is 0.587. The highest BCUT2D eigenvalue weighted by atomic mass is 15.2. The summed E-state index contributed by atoms with van der Waals surface area (Å²) in [5.41, 5.74) is 13.0. The van der Waals surface area contributed by atoms with Gasteiger partial charge >= 0.3 is 0 Å². The average Bonchev–Trinajstić information content (AvgIpc) is 2.52. The lowest BCUT2D eigenvalue weighted by Crippen LogP contribution is -2.37. The monoisotopic (exact) mass is 280 g/mol. The molecule has 1 atom stereocenters. The van der Waals surface area contributed by atoms with Gasteiger partial charge in [0.1, 0.15) is 0 Å². The van der Waals surface area contributed by atoms with E-state index in [0.29, 0.717) is 6.54 Å². The van der Waals surface area contributed by atoms with Gasteiger partial charge in [0.15, 0.2) is 0 Å². The van der Waals surface area contributed by atoms with Crippen molar-refractivity contribution in [3.05, 3.63) is 64.7 Å². The Balaban J connectivity index is 1.99. The van der Waals surface area contributed by atoms with Crippen LogP contribution in [0.2, 0.25) is 0 Å². The minimum Gasteiger partial charge on any atom is -0.363 e. The first-order chi connectivity index (χ1) is 10.2. The summed E-state index contributed by atoms with van der Waals surface area (Å²) >= 11 is 0. The summed E-state index contributed by atoms with van der Waals surface area (Å²) in [5, 5.41) is 0. The summed E-state index contributed by atoms with van der Waals surface area (Å²) in [6, 6.07) is 15.8. The fourth-order valence-electron chi connectivity index (χ4n) is 3.30. The minimum atomic E-state index is 0.269. The molecule has 2 aromatic rings. The number of benzene rings is 2. The van der Waals surface area contributed by atoms with E-state index in [4.69, 9.17) is 5.73 Å². The number of para-hydroxylation sites is 1. The van der Waals surface area contributed by atoms with Crippen LogP contribution in [0, 0.1) is 13.8 Å². The minimum absolute atomic E-state index is 0.269. The van der Waals surface area contributed by atoms with E-state index in [2.05, 4.69) is 61.2 Å². The van der Waals surface area contributed by atoms with Gasteiger partial charge in [0.2, 0.25) is 0 Å². The van der Waals surface area contributed by atoms with Crippen molar-refractivity contribution in [2.24, 2.45) is 5.73 Å². The van der Waals surface area contributed by atoms with Crippen LogP contribution in [-0.2, 0) is 6.42 Å². The van der Waals surface area contributed by atoms with Crippen LogP contribution in [0.15, 0.2) is 42.5 Å². The first kappa shape index (κ1) is 14.2. The number of aryl methyl sites for hydroxylation is 3. The standard InChI is InChI=1S/C19H24N2/c1-14-9-10-17(12-15(14)2)19(13-20)21-11-5-7-16-6-3-4-8-18(16)21/h3-4,6,8-10,12,19H,5,7,11,13,20H2,1-2H3. The maximum absolute atomic E-state index is 6.14. The topological polar surface area (TPSA) is 29.3 Å². The number of hydrogen-bond donors (Lipinski definition) is 1. The molecule has 0 saturated carbocycles. The van der Waals surface area contributed by atoms with E-state index in [0.717, 1.165) is 6.54 Å². The molecular formula is C19H24N2. The van der Waals surface area contributed by atoms with Crippen LogP contribution in [0.25, 0.3) is 0 Å². The van der Waals surface area contributed by atoms with Crippen molar-refractivity contribution in [1.29, 1.82) is 0 Å². The third-order valence-corrected chi connectivity index (χ3v) is 4.66. The Morgan fingerprint density at radius 1 is 1.10 bits per heavy atom. The lowest BCUT2D eigenvalue weighted by Gasteiger charge is -2.38. The van der Waals surface area contributed by atoms with E-state index in [1.807, 2.05) is 0 Å². The highest BCUT2D eigenvalue weighted by Crippen LogP contribution is 2.34. The van der Waals surface area contributed by atoms with Crippen molar-refractivity contribution < 1.29 is 0 Å². The molecule has 110 valence electrons. The molecule has 2 aromatic carbocycles. The van der Waals surface area contributed by atoms with Gasteiger partial charge in [-0.15, -0.1) is 0 Å². The van der Waals surface area contributed by atoms with E-state index in [9.17, 15) is 0 Å². The molecule has 0 spiro atoms. The van der Waals surface area contributed by atoms with Crippen LogP contribution in [0.5, 0.6) is 0 Å². The zero-order chi connectivity index (χ0) is 14.8. The van der Waals surface area contributed by atoms with Gasteiger partial charge in [-0.1, -0.05) is 36.4 Å². The highest BCUT2D eigenvalue weighted by molar-refractivity contribution is 5.57. The van der Waals surface area contributed by atoms with Crippen LogP contribution >= 0.6 is 0 Å². The number of nitrogens with zero attached hydrogens (tertiary/aromatic N) is 1. The zero-order valence-corrected chi connectivity index (χ0v) is 13.0. The zero-order valence-electron chi connectivity index (χ0n) is 13.0. The molecule has 21 heavy (non-hydrogen) atoms. The second-order valence-corrected chi connectivity index (χ2v) is 6.02. The predicted octanol–water partition coefficient (Wildman–Crippen LogP) is 3.76. The number of nitrogens with two attached hydrogens (primary N) is 1. The molecule has 0 saturated heterocycles. The first-order valence-electron chi connectivity index (χ1n) is 7.82. The molecular weight excluding hydrogens is 256 g/mol. The summed E-state index contributed by atoms with van der Waals surface area (Å²) in [6.45, 7) is 6.08. The van der Waals surface area contributed by atoms with Crippen LogP contribution in [-0.4, -0.2) is 13.1 Å². The van der Waals surface area contributed by atoms with Crippen LogP contribution in [0.3, 0.4) is 0 Å². The van der Waals surface area contributed by atoms with E-state index in [1.165, 1.54) is 40.8 Å². The summed E-state index contributed by atoms with van der Waals surface area (Å²) in [5.74, 6) is 0. The van der Waals surface area contributed by atoms with Crippen molar-refractivity contribution in [2.75, 3.05) is 18.0 Å². The van der Waals surface area contributed by atoms with Crippen molar-refractivity contribution in [2.45, 2.75) is 32.7 Å². The molecule has 0 fully saturated rings. The Labute approximate surface area is 127 Å². The van der Waals surface area contributed by atoms with Gasteiger partial charge in [-0.05, 0) is 55.0 Å². The molecule has 2 heteroatoms. The fraction of sp³-hybridized carbons (Fsp3) is 0.368. The van der Waals surface area contributed by atoms with Crippen molar-refractivity contribution >= 4 is 5.69 Å². The van der Waals surface area contributed by atoms with Gasteiger partial charge in [-0.2, -0.15) is 0 Å². The van der Waals surface area contributed by atoms with Gasteiger partial charge in [0.05, 0.1) is 6.04 Å². The summed E-state index contributed by atoms with van der Waals surface area (Å²) in [4.78, 5) is 2.49. The van der Waals surface area contributed by atoms with Crippen molar-refractivity contribution in [3.63, 3.8) is 0 Å². The number of hydrogen-bond acceptors (Lipinski definition) is 2. The summed E-state index contributed by atoms with van der Waals surface area (Å²) in [7, 11) is 0. The Morgan fingerprint density at radius 2 is 1.90 bits per heavy atom. The molecule has 3 rings (SSSR count). The SMILES string of the molecule is Cc1ccc(C(CN)N2CCCc3ccccc32)cc1C. The molecule has 2 nitrogen and oxygen atoms in total. The Bertz CT molecular complexity index is 633. The van der Waals surface area contributed by atoms with Gasteiger partial charge < -0.3 is 10.6 Å². The fourth-order valence-corrected chi connectivity index (χ4v) is 3.30. The molecule has 0 bridgehead atoms. The quantitative estimate of drug-likeness (QED) is 0.927. The Hall–Kier alpha value is -1.80. The second-order valence-electron chi connectivity index (χ2n) is 6.02. The Kier molecular flexibility index (Phi) is 3.98. The maximum Gasteiger partial charge on any atom is 0.0664 e. The van der Waals surface area contributed by atoms with Crippen LogP contribution in [0.1, 0.15) is 34.7 Å². The van der Waals surface area contributed by atoms with Gasteiger partial charge in [0, 0.05) is 18.8 Å². The van der Waals surface area contributed by atoms with Gasteiger partial charge in [-0.25, -0.2) is 0 Å². The van der Waals surface area contributed by atoms with Gasteiger partial charge in [0.25, 0.3) is 0 Å². The Morgan fingerprint density at radius 3 is 2.67 bits per heavy atom. The summed E-state index contributed by atoms with van der Waals surface area (Å²) in [6.07, 6.45) is 2.38. The van der Waals surface area contributed by atoms with E-state index >= 15 is 0 Å². The maximum atomic E-state index is 6.14. The second kappa shape index (κ2) is 5.90. The summed E-state index contributed by atoms with van der Waals surface area (Å²) < 4.78 is 0.